The first kappa shape index (κ1) is 7.80. The molecule has 3 heteroatoms. The van der Waals surface area contributed by atoms with Crippen molar-refractivity contribution >= 4 is 16.8 Å². The van der Waals surface area contributed by atoms with E-state index in [-0.39, 0.29) is 5.82 Å². The van der Waals surface area contributed by atoms with E-state index < -0.39 is 0 Å². The molecule has 0 aliphatic carbocycles. The number of hydrogen-bond acceptors (Lipinski definition) is 2. The Kier molecular flexibility index (Phi) is 2.13. The largest absolute Gasteiger partial charge is 0.271 e. The van der Waals surface area contributed by atoms with Gasteiger partial charge in [-0.1, -0.05) is 12.1 Å². The SMILES string of the molecule is Fc1ccccc1C1=N[CH]CS1. The molecule has 0 saturated carbocycles. The van der Waals surface area contributed by atoms with Gasteiger partial charge in [0.2, 0.25) is 0 Å². The number of hydrogen-bond donors (Lipinski definition) is 0. The third-order valence-electron chi connectivity index (χ3n) is 1.61. The molecular formula is C9H7FNS. The van der Waals surface area contributed by atoms with Gasteiger partial charge in [-0.25, -0.2) is 4.39 Å². The van der Waals surface area contributed by atoms with Gasteiger partial charge in [-0.05, 0) is 12.1 Å². The monoisotopic (exact) mass is 180 g/mol. The lowest BCUT2D eigenvalue weighted by Gasteiger charge is -1.99. The molecule has 0 bridgehead atoms. The normalized spacial score (nSPS) is 16.2. The Bertz CT molecular complexity index is 322. The molecule has 1 aliphatic heterocycles. The van der Waals surface area contributed by atoms with Gasteiger partial charge in [-0.3, -0.25) is 4.99 Å². The molecule has 1 nitrogen and oxygen atoms in total. The summed E-state index contributed by atoms with van der Waals surface area (Å²) in [6, 6.07) is 6.71. The maximum absolute atomic E-state index is 13.1. The van der Waals surface area contributed by atoms with Gasteiger partial charge in [0, 0.05) is 11.3 Å². The average molecular weight is 180 g/mol. The predicted molar refractivity (Wildman–Crippen MR) is 49.7 cm³/mol. The van der Waals surface area contributed by atoms with Gasteiger partial charge in [0.25, 0.3) is 0 Å². The number of halogens is 1. The average Bonchev–Trinajstić information content (AvgIpc) is 2.57. The number of thioether (sulfide) groups is 1. The molecule has 0 fully saturated rings. The molecule has 1 aromatic rings. The summed E-state index contributed by atoms with van der Waals surface area (Å²) in [4.78, 5) is 4.08. The summed E-state index contributed by atoms with van der Waals surface area (Å²) in [5.74, 6) is 0.656. The minimum Gasteiger partial charge on any atom is -0.271 e. The highest BCUT2D eigenvalue weighted by Gasteiger charge is 2.12. The summed E-state index contributed by atoms with van der Waals surface area (Å²) >= 11 is 1.56. The van der Waals surface area contributed by atoms with Crippen molar-refractivity contribution in [3.05, 3.63) is 42.2 Å². The van der Waals surface area contributed by atoms with E-state index in [0.29, 0.717) is 5.56 Å². The van der Waals surface area contributed by atoms with Gasteiger partial charge in [0.15, 0.2) is 0 Å². The molecule has 0 N–H and O–H groups in total. The molecule has 0 spiro atoms. The van der Waals surface area contributed by atoms with Crippen LogP contribution in [-0.2, 0) is 0 Å². The first-order chi connectivity index (χ1) is 5.88. The van der Waals surface area contributed by atoms with Crippen LogP contribution in [0.15, 0.2) is 29.3 Å². The Morgan fingerprint density at radius 3 is 2.83 bits per heavy atom. The van der Waals surface area contributed by atoms with Crippen LogP contribution in [0.25, 0.3) is 0 Å². The van der Waals surface area contributed by atoms with Crippen molar-refractivity contribution in [2.45, 2.75) is 0 Å². The lowest BCUT2D eigenvalue weighted by Crippen LogP contribution is -1.95. The highest BCUT2D eigenvalue weighted by atomic mass is 32.2. The van der Waals surface area contributed by atoms with Crippen molar-refractivity contribution in [1.29, 1.82) is 0 Å². The highest BCUT2D eigenvalue weighted by Crippen LogP contribution is 2.22. The zero-order chi connectivity index (χ0) is 8.39. The maximum atomic E-state index is 13.1. The van der Waals surface area contributed by atoms with Crippen LogP contribution in [0.5, 0.6) is 0 Å². The lowest BCUT2D eigenvalue weighted by atomic mass is 10.2. The van der Waals surface area contributed by atoms with Gasteiger partial charge in [0.05, 0.1) is 6.54 Å². The molecule has 1 aromatic carbocycles. The summed E-state index contributed by atoms with van der Waals surface area (Å²) in [7, 11) is 0. The lowest BCUT2D eigenvalue weighted by molar-refractivity contribution is 0.626. The zero-order valence-corrected chi connectivity index (χ0v) is 7.14. The molecule has 12 heavy (non-hydrogen) atoms. The van der Waals surface area contributed by atoms with E-state index in [1.165, 1.54) is 6.07 Å². The molecule has 0 amide bonds. The molecule has 0 unspecified atom stereocenters. The molecule has 61 valence electrons. The van der Waals surface area contributed by atoms with Crippen LogP contribution in [0, 0.1) is 12.4 Å². The maximum Gasteiger partial charge on any atom is 0.133 e. The van der Waals surface area contributed by atoms with Gasteiger partial charge in [0.1, 0.15) is 10.9 Å². The molecule has 1 heterocycles. The Balaban J connectivity index is 2.39. The molecule has 0 saturated heterocycles. The Morgan fingerprint density at radius 1 is 1.33 bits per heavy atom. The second kappa shape index (κ2) is 3.27. The van der Waals surface area contributed by atoms with Crippen molar-refractivity contribution in [2.24, 2.45) is 4.99 Å². The van der Waals surface area contributed by atoms with Gasteiger partial charge in [-0.2, -0.15) is 0 Å². The van der Waals surface area contributed by atoms with Crippen molar-refractivity contribution in [3.63, 3.8) is 0 Å². The quantitative estimate of drug-likeness (QED) is 0.646. The van der Waals surface area contributed by atoms with E-state index in [2.05, 4.69) is 4.99 Å². The third kappa shape index (κ3) is 1.37. The molecule has 0 aromatic heterocycles. The number of aliphatic imine (C=N–C) groups is 1. The second-order valence-electron chi connectivity index (χ2n) is 2.41. The Morgan fingerprint density at radius 2 is 2.17 bits per heavy atom. The zero-order valence-electron chi connectivity index (χ0n) is 6.33. The first-order valence-electron chi connectivity index (χ1n) is 3.65. The molecule has 1 aliphatic rings. The van der Waals surface area contributed by atoms with Gasteiger partial charge in [-0.15, -0.1) is 11.8 Å². The summed E-state index contributed by atoms with van der Waals surface area (Å²) < 4.78 is 13.1. The molecule has 0 atom stereocenters. The van der Waals surface area contributed by atoms with E-state index in [9.17, 15) is 4.39 Å². The summed E-state index contributed by atoms with van der Waals surface area (Å²) in [6.07, 6.45) is 0. The minimum atomic E-state index is -0.195. The van der Waals surface area contributed by atoms with Crippen molar-refractivity contribution in [1.82, 2.24) is 0 Å². The van der Waals surface area contributed by atoms with Gasteiger partial charge >= 0.3 is 0 Å². The molecule has 1 radical (unpaired) electrons. The third-order valence-corrected chi connectivity index (χ3v) is 2.52. The van der Waals surface area contributed by atoms with E-state index >= 15 is 0 Å². The van der Waals surface area contributed by atoms with Crippen molar-refractivity contribution in [3.8, 4) is 0 Å². The fourth-order valence-electron chi connectivity index (χ4n) is 1.06. The van der Waals surface area contributed by atoms with Crippen LogP contribution in [0.1, 0.15) is 5.56 Å². The van der Waals surface area contributed by atoms with Crippen LogP contribution < -0.4 is 0 Å². The fraction of sp³-hybridized carbons (Fsp3) is 0.111. The highest BCUT2D eigenvalue weighted by molar-refractivity contribution is 8.14. The van der Waals surface area contributed by atoms with Gasteiger partial charge < -0.3 is 0 Å². The van der Waals surface area contributed by atoms with Crippen molar-refractivity contribution in [2.75, 3.05) is 5.75 Å². The van der Waals surface area contributed by atoms with E-state index in [1.54, 1.807) is 30.4 Å². The predicted octanol–water partition coefficient (Wildman–Crippen LogP) is 2.48. The summed E-state index contributed by atoms with van der Waals surface area (Å²) in [5, 5.41) is 0.785. The van der Waals surface area contributed by atoms with Crippen LogP contribution in [0.3, 0.4) is 0 Å². The molecule has 2 rings (SSSR count). The number of rotatable bonds is 1. The van der Waals surface area contributed by atoms with Crippen molar-refractivity contribution < 1.29 is 4.39 Å². The van der Waals surface area contributed by atoms with E-state index in [4.69, 9.17) is 0 Å². The van der Waals surface area contributed by atoms with E-state index in [1.807, 2.05) is 6.07 Å². The fourth-order valence-corrected chi connectivity index (χ4v) is 1.83. The first-order valence-corrected chi connectivity index (χ1v) is 4.63. The topological polar surface area (TPSA) is 12.4 Å². The molecular weight excluding hydrogens is 173 g/mol. The van der Waals surface area contributed by atoms with Crippen LogP contribution in [0.4, 0.5) is 4.39 Å². The van der Waals surface area contributed by atoms with E-state index in [0.717, 1.165) is 10.8 Å². The number of benzene rings is 1. The van der Waals surface area contributed by atoms with Crippen LogP contribution in [0.2, 0.25) is 0 Å². The van der Waals surface area contributed by atoms with Crippen LogP contribution in [-0.4, -0.2) is 10.8 Å². The minimum absolute atomic E-state index is 0.195. The smallest absolute Gasteiger partial charge is 0.133 e. The summed E-state index contributed by atoms with van der Waals surface area (Å²) in [5.41, 5.74) is 0.608. The Hall–Kier alpha value is -0.830. The standard InChI is InChI=1S/C9H7FNS/c10-8-4-2-1-3-7(8)9-11-5-6-12-9/h1-5H,6H2. The van der Waals surface area contributed by atoms with Crippen LogP contribution >= 0.6 is 11.8 Å². The number of nitrogens with zero attached hydrogens (tertiary/aromatic N) is 1. The second-order valence-corrected chi connectivity index (χ2v) is 3.42. The Labute approximate surface area is 74.7 Å². The summed E-state index contributed by atoms with van der Waals surface area (Å²) in [6.45, 7) is 1.80.